The molecule has 0 saturated heterocycles. The Hall–Kier alpha value is -4.26. The van der Waals surface area contributed by atoms with E-state index in [-0.39, 0.29) is 6.61 Å². The molecule has 4 rings (SSSR count). The number of benzene rings is 3. The quantitative estimate of drug-likeness (QED) is 0.315. The van der Waals surface area contributed by atoms with Gasteiger partial charge in [0.1, 0.15) is 18.5 Å². The van der Waals surface area contributed by atoms with Crippen molar-refractivity contribution in [1.29, 1.82) is 10.5 Å². The van der Waals surface area contributed by atoms with Crippen LogP contribution in [0.5, 0.6) is 11.5 Å². The molecule has 34 heavy (non-hydrogen) atoms. The average molecular weight is 469 g/mol. The Labute approximate surface area is 202 Å². The summed E-state index contributed by atoms with van der Waals surface area (Å²) < 4.78 is 11.7. The summed E-state index contributed by atoms with van der Waals surface area (Å²) >= 11 is 6.56. The fraction of sp³-hybridized carbons (Fsp3) is 0.148. The van der Waals surface area contributed by atoms with Crippen molar-refractivity contribution < 1.29 is 9.47 Å². The van der Waals surface area contributed by atoms with Gasteiger partial charge in [0.05, 0.1) is 39.9 Å². The normalized spacial score (nSPS) is 11.1. The Morgan fingerprint density at radius 3 is 2.71 bits per heavy atom. The second-order valence-corrected chi connectivity index (χ2v) is 8.00. The number of halogens is 1. The zero-order valence-corrected chi connectivity index (χ0v) is 19.5. The Balaban J connectivity index is 1.67. The summed E-state index contributed by atoms with van der Waals surface area (Å²) in [5.74, 6) is 1.31. The topological polar surface area (TPSA) is 94.7 Å². The number of imidazole rings is 1. The summed E-state index contributed by atoms with van der Waals surface area (Å²) in [6, 6.07) is 20.9. The van der Waals surface area contributed by atoms with E-state index in [4.69, 9.17) is 21.1 Å². The molecule has 0 fully saturated rings. The van der Waals surface area contributed by atoms with Gasteiger partial charge in [0.25, 0.3) is 0 Å². The zero-order valence-electron chi connectivity index (χ0n) is 18.7. The van der Waals surface area contributed by atoms with Crippen LogP contribution in [0.25, 0.3) is 22.7 Å². The number of hydrogen-bond donors (Lipinski definition) is 1. The summed E-state index contributed by atoms with van der Waals surface area (Å²) in [5.41, 5.74) is 5.08. The number of aromatic amines is 1. The first-order valence-electron chi connectivity index (χ1n) is 10.7. The lowest BCUT2D eigenvalue weighted by Gasteiger charge is -2.15. The molecular weight excluding hydrogens is 448 g/mol. The Kier molecular flexibility index (Phi) is 6.82. The standard InChI is InChI=1S/C27H21ClN4O2/c1-3-33-25-13-18(11-21(15-30)27-31-23-9-8-17(2)10-24(23)32-27)12-22(28)26(25)34-16-20-7-5-4-6-19(20)14-29/h4-13H,3,16H2,1-2H3,(H,31,32)/b21-11-. The van der Waals surface area contributed by atoms with Gasteiger partial charge in [-0.25, -0.2) is 4.98 Å². The highest BCUT2D eigenvalue weighted by Crippen LogP contribution is 2.38. The molecule has 6 nitrogen and oxygen atoms in total. The lowest BCUT2D eigenvalue weighted by Crippen LogP contribution is -2.02. The first-order valence-corrected chi connectivity index (χ1v) is 11.1. The molecule has 1 N–H and O–H groups in total. The van der Waals surface area contributed by atoms with Crippen molar-refractivity contribution in [1.82, 2.24) is 9.97 Å². The summed E-state index contributed by atoms with van der Waals surface area (Å²) in [6.45, 7) is 4.44. The minimum atomic E-state index is 0.167. The van der Waals surface area contributed by atoms with Crippen LogP contribution >= 0.6 is 11.6 Å². The van der Waals surface area contributed by atoms with Crippen LogP contribution in [0.2, 0.25) is 5.02 Å². The highest BCUT2D eigenvalue weighted by atomic mass is 35.5. The van der Waals surface area contributed by atoms with E-state index in [1.807, 2.05) is 44.2 Å². The van der Waals surface area contributed by atoms with E-state index in [1.165, 1.54) is 0 Å². The molecule has 1 aromatic heterocycles. The number of aryl methyl sites for hydroxylation is 1. The highest BCUT2D eigenvalue weighted by Gasteiger charge is 2.15. The van der Waals surface area contributed by atoms with Crippen LogP contribution in [-0.2, 0) is 6.61 Å². The predicted molar refractivity (Wildman–Crippen MR) is 132 cm³/mol. The van der Waals surface area contributed by atoms with Crippen LogP contribution in [0, 0.1) is 29.6 Å². The smallest absolute Gasteiger partial charge is 0.180 e. The summed E-state index contributed by atoms with van der Waals surface area (Å²) in [5, 5.41) is 19.4. The van der Waals surface area contributed by atoms with Crippen molar-refractivity contribution in [2.75, 3.05) is 6.61 Å². The van der Waals surface area contributed by atoms with Crippen molar-refractivity contribution >= 4 is 34.3 Å². The molecule has 168 valence electrons. The van der Waals surface area contributed by atoms with Gasteiger partial charge in [0, 0.05) is 5.56 Å². The van der Waals surface area contributed by atoms with Crippen LogP contribution in [0.4, 0.5) is 0 Å². The summed E-state index contributed by atoms with van der Waals surface area (Å²) in [4.78, 5) is 7.74. The number of H-pyrrole nitrogens is 1. The molecule has 0 spiro atoms. The first-order chi connectivity index (χ1) is 16.5. The maximum atomic E-state index is 9.78. The SMILES string of the molecule is CCOc1cc(/C=C(/C#N)c2nc3ccc(C)cc3[nH]2)cc(Cl)c1OCc1ccccc1C#N. The molecular formula is C27H21ClN4O2. The number of ether oxygens (including phenoxy) is 2. The minimum absolute atomic E-state index is 0.167. The molecule has 0 amide bonds. The molecule has 0 atom stereocenters. The maximum absolute atomic E-state index is 9.78. The average Bonchev–Trinajstić information content (AvgIpc) is 3.25. The van der Waals surface area contributed by atoms with E-state index >= 15 is 0 Å². The molecule has 0 aliphatic heterocycles. The van der Waals surface area contributed by atoms with Gasteiger partial charge in [0.15, 0.2) is 11.5 Å². The van der Waals surface area contributed by atoms with Gasteiger partial charge in [-0.15, -0.1) is 0 Å². The van der Waals surface area contributed by atoms with E-state index in [0.29, 0.717) is 45.7 Å². The molecule has 0 unspecified atom stereocenters. The largest absolute Gasteiger partial charge is 0.490 e. The maximum Gasteiger partial charge on any atom is 0.180 e. The highest BCUT2D eigenvalue weighted by molar-refractivity contribution is 6.32. The molecule has 0 aliphatic rings. The van der Waals surface area contributed by atoms with Gasteiger partial charge in [-0.3, -0.25) is 0 Å². The molecule has 0 saturated carbocycles. The van der Waals surface area contributed by atoms with E-state index in [1.54, 1.807) is 30.3 Å². The lowest BCUT2D eigenvalue weighted by molar-refractivity contribution is 0.269. The second kappa shape index (κ2) is 10.1. The number of fused-ring (bicyclic) bond motifs is 1. The van der Waals surface area contributed by atoms with Crippen LogP contribution in [0.3, 0.4) is 0 Å². The van der Waals surface area contributed by atoms with Crippen LogP contribution in [0.1, 0.15) is 35.0 Å². The number of nitriles is 2. The first kappa shape index (κ1) is 22.9. The van der Waals surface area contributed by atoms with E-state index in [0.717, 1.165) is 22.2 Å². The molecule has 1 heterocycles. The number of rotatable bonds is 7. The number of nitrogens with zero attached hydrogens (tertiary/aromatic N) is 3. The summed E-state index contributed by atoms with van der Waals surface area (Å²) in [6.07, 6.45) is 1.70. The third kappa shape index (κ3) is 4.88. The van der Waals surface area contributed by atoms with Gasteiger partial charge in [-0.2, -0.15) is 10.5 Å². The number of hydrogen-bond acceptors (Lipinski definition) is 5. The molecule has 0 bridgehead atoms. The van der Waals surface area contributed by atoms with Crippen LogP contribution < -0.4 is 9.47 Å². The molecule has 4 aromatic rings. The van der Waals surface area contributed by atoms with Crippen molar-refractivity contribution in [3.63, 3.8) is 0 Å². The van der Waals surface area contributed by atoms with Crippen LogP contribution in [0.15, 0.2) is 54.6 Å². The Bertz CT molecular complexity index is 1470. The third-order valence-corrected chi connectivity index (χ3v) is 5.45. The van der Waals surface area contributed by atoms with Crippen molar-refractivity contribution in [3.05, 3.63) is 87.7 Å². The van der Waals surface area contributed by atoms with Gasteiger partial charge in [-0.1, -0.05) is 35.9 Å². The predicted octanol–water partition coefficient (Wildman–Crippen LogP) is 6.44. The number of nitrogens with one attached hydrogen (secondary N) is 1. The summed E-state index contributed by atoms with van der Waals surface area (Å²) in [7, 11) is 0. The minimum Gasteiger partial charge on any atom is -0.490 e. The molecule has 3 aromatic carbocycles. The van der Waals surface area contributed by atoms with Crippen LogP contribution in [-0.4, -0.2) is 16.6 Å². The van der Waals surface area contributed by atoms with Gasteiger partial charge in [0.2, 0.25) is 0 Å². The molecule has 0 aliphatic carbocycles. The van der Waals surface area contributed by atoms with Gasteiger partial charge >= 0.3 is 0 Å². The van der Waals surface area contributed by atoms with E-state index in [2.05, 4.69) is 22.1 Å². The van der Waals surface area contributed by atoms with Crippen molar-refractivity contribution in [3.8, 4) is 23.6 Å². The monoisotopic (exact) mass is 468 g/mol. The number of allylic oxidation sites excluding steroid dienone is 1. The Morgan fingerprint density at radius 2 is 1.94 bits per heavy atom. The van der Waals surface area contributed by atoms with Crippen molar-refractivity contribution in [2.24, 2.45) is 0 Å². The molecule has 7 heteroatoms. The second-order valence-electron chi connectivity index (χ2n) is 7.60. The molecule has 0 radical (unpaired) electrons. The van der Waals surface area contributed by atoms with Gasteiger partial charge in [-0.05, 0) is 61.4 Å². The van der Waals surface area contributed by atoms with Gasteiger partial charge < -0.3 is 14.5 Å². The van der Waals surface area contributed by atoms with E-state index in [9.17, 15) is 10.5 Å². The lowest BCUT2D eigenvalue weighted by atomic mass is 10.1. The van der Waals surface area contributed by atoms with E-state index < -0.39 is 0 Å². The third-order valence-electron chi connectivity index (χ3n) is 5.17. The number of aromatic nitrogens is 2. The van der Waals surface area contributed by atoms with Crippen molar-refractivity contribution in [2.45, 2.75) is 20.5 Å². The fourth-order valence-electron chi connectivity index (χ4n) is 3.55. The fourth-order valence-corrected chi connectivity index (χ4v) is 3.82. The zero-order chi connectivity index (χ0) is 24.1. The Morgan fingerprint density at radius 1 is 1.12 bits per heavy atom.